The molecule has 1 amide bonds. The number of aryl methyl sites for hydroxylation is 1. The predicted octanol–water partition coefficient (Wildman–Crippen LogP) is 4.62. The molecule has 1 aromatic heterocycles. The van der Waals surface area contributed by atoms with Crippen molar-refractivity contribution in [3.8, 4) is 0 Å². The molecule has 134 valence electrons. The largest absolute Gasteiger partial charge is 0.370 e. The Morgan fingerprint density at radius 2 is 1.92 bits per heavy atom. The molecule has 0 aliphatic rings. The van der Waals surface area contributed by atoms with Gasteiger partial charge in [-0.2, -0.15) is 0 Å². The van der Waals surface area contributed by atoms with Gasteiger partial charge in [-0.3, -0.25) is 4.79 Å². The SMILES string of the molecule is Cc1cccc(C(C)C)c1NC(=O)c1cc(NCCC(C)C)ncn1. The minimum atomic E-state index is -0.217. The minimum Gasteiger partial charge on any atom is -0.370 e. The quantitative estimate of drug-likeness (QED) is 0.772. The highest BCUT2D eigenvalue weighted by Crippen LogP contribution is 2.27. The molecule has 0 saturated carbocycles. The van der Waals surface area contributed by atoms with Gasteiger partial charge in [0.25, 0.3) is 5.91 Å². The van der Waals surface area contributed by atoms with Crippen molar-refractivity contribution in [1.29, 1.82) is 0 Å². The van der Waals surface area contributed by atoms with Gasteiger partial charge in [-0.25, -0.2) is 9.97 Å². The van der Waals surface area contributed by atoms with Crippen LogP contribution < -0.4 is 10.6 Å². The highest BCUT2D eigenvalue weighted by molar-refractivity contribution is 6.04. The zero-order valence-electron chi connectivity index (χ0n) is 15.8. The molecule has 0 atom stereocenters. The number of rotatable bonds is 7. The number of hydrogen-bond donors (Lipinski definition) is 2. The van der Waals surface area contributed by atoms with E-state index in [1.165, 1.54) is 6.33 Å². The summed E-state index contributed by atoms with van der Waals surface area (Å²) in [5.74, 6) is 1.40. The zero-order chi connectivity index (χ0) is 18.4. The molecule has 0 unspecified atom stereocenters. The van der Waals surface area contributed by atoms with Gasteiger partial charge in [-0.1, -0.05) is 45.9 Å². The predicted molar refractivity (Wildman–Crippen MR) is 103 cm³/mol. The minimum absolute atomic E-state index is 0.217. The average molecular weight is 340 g/mol. The third kappa shape index (κ3) is 5.28. The number of anilines is 2. The Hall–Kier alpha value is -2.43. The summed E-state index contributed by atoms with van der Waals surface area (Å²) in [6.45, 7) is 11.4. The van der Waals surface area contributed by atoms with E-state index in [1.807, 2.05) is 25.1 Å². The zero-order valence-corrected chi connectivity index (χ0v) is 15.8. The van der Waals surface area contributed by atoms with Crippen molar-refractivity contribution in [2.45, 2.75) is 47.0 Å². The summed E-state index contributed by atoms with van der Waals surface area (Å²) >= 11 is 0. The van der Waals surface area contributed by atoms with Gasteiger partial charge in [0.15, 0.2) is 0 Å². The number of aromatic nitrogens is 2. The van der Waals surface area contributed by atoms with Crippen molar-refractivity contribution in [3.05, 3.63) is 47.4 Å². The Morgan fingerprint density at radius 3 is 2.60 bits per heavy atom. The Bertz CT molecular complexity index is 725. The molecule has 25 heavy (non-hydrogen) atoms. The molecule has 0 aliphatic heterocycles. The van der Waals surface area contributed by atoms with E-state index in [4.69, 9.17) is 0 Å². The summed E-state index contributed by atoms with van der Waals surface area (Å²) in [5.41, 5.74) is 3.40. The lowest BCUT2D eigenvalue weighted by atomic mass is 9.98. The summed E-state index contributed by atoms with van der Waals surface area (Å²) in [7, 11) is 0. The van der Waals surface area contributed by atoms with Crippen LogP contribution in [-0.2, 0) is 0 Å². The van der Waals surface area contributed by atoms with Crippen LogP contribution in [0.5, 0.6) is 0 Å². The van der Waals surface area contributed by atoms with Crippen molar-refractivity contribution in [1.82, 2.24) is 9.97 Å². The first-order chi connectivity index (χ1) is 11.9. The van der Waals surface area contributed by atoms with Gasteiger partial charge in [-0.05, 0) is 36.3 Å². The molecule has 2 rings (SSSR count). The van der Waals surface area contributed by atoms with Crippen LogP contribution >= 0.6 is 0 Å². The maximum atomic E-state index is 12.6. The lowest BCUT2D eigenvalue weighted by Gasteiger charge is -2.16. The fraction of sp³-hybridized carbons (Fsp3) is 0.450. The Labute approximate surface area is 150 Å². The summed E-state index contributed by atoms with van der Waals surface area (Å²) < 4.78 is 0. The van der Waals surface area contributed by atoms with Crippen LogP contribution in [-0.4, -0.2) is 22.4 Å². The standard InChI is InChI=1S/C20H28N4O/c1-13(2)9-10-21-18-11-17(22-12-23-18)20(25)24-19-15(5)7-6-8-16(19)14(3)4/h6-8,11-14H,9-10H2,1-5H3,(H,24,25)(H,21,22,23). The lowest BCUT2D eigenvalue weighted by molar-refractivity contribution is 0.102. The maximum absolute atomic E-state index is 12.6. The summed E-state index contributed by atoms with van der Waals surface area (Å²) in [6, 6.07) is 7.76. The number of benzene rings is 1. The van der Waals surface area contributed by atoms with E-state index in [0.29, 0.717) is 23.3 Å². The molecule has 0 radical (unpaired) electrons. The molecule has 1 heterocycles. The Morgan fingerprint density at radius 1 is 1.16 bits per heavy atom. The van der Waals surface area contributed by atoms with Gasteiger partial charge in [0.2, 0.25) is 0 Å². The molecule has 2 N–H and O–H groups in total. The lowest BCUT2D eigenvalue weighted by Crippen LogP contribution is -2.17. The molecule has 0 fully saturated rings. The summed E-state index contributed by atoms with van der Waals surface area (Å²) in [5, 5.41) is 6.27. The number of hydrogen-bond acceptors (Lipinski definition) is 4. The summed E-state index contributed by atoms with van der Waals surface area (Å²) in [6.07, 6.45) is 2.47. The van der Waals surface area contributed by atoms with Gasteiger partial charge in [0.1, 0.15) is 17.8 Å². The van der Waals surface area contributed by atoms with Gasteiger partial charge in [-0.15, -0.1) is 0 Å². The second-order valence-electron chi connectivity index (χ2n) is 7.05. The molecular formula is C20H28N4O. The normalized spacial score (nSPS) is 11.0. The fourth-order valence-electron chi connectivity index (χ4n) is 2.59. The van der Waals surface area contributed by atoms with Gasteiger partial charge in [0, 0.05) is 18.3 Å². The second-order valence-corrected chi connectivity index (χ2v) is 7.05. The van der Waals surface area contributed by atoms with Crippen LogP contribution in [0, 0.1) is 12.8 Å². The van der Waals surface area contributed by atoms with E-state index >= 15 is 0 Å². The number of nitrogens with zero attached hydrogens (tertiary/aromatic N) is 2. The Kier molecular flexibility index (Phi) is 6.51. The molecular weight excluding hydrogens is 312 g/mol. The molecule has 5 heteroatoms. The monoisotopic (exact) mass is 340 g/mol. The van der Waals surface area contributed by atoms with E-state index in [2.05, 4.69) is 48.3 Å². The summed E-state index contributed by atoms with van der Waals surface area (Å²) in [4.78, 5) is 21.0. The van der Waals surface area contributed by atoms with Gasteiger partial charge < -0.3 is 10.6 Å². The number of amides is 1. The van der Waals surface area contributed by atoms with E-state index in [-0.39, 0.29) is 5.91 Å². The number of carbonyl (C=O) groups excluding carboxylic acids is 1. The third-order valence-corrected chi connectivity index (χ3v) is 4.09. The first-order valence-corrected chi connectivity index (χ1v) is 8.85. The van der Waals surface area contributed by atoms with Crippen molar-refractivity contribution in [2.24, 2.45) is 5.92 Å². The van der Waals surface area contributed by atoms with E-state index in [0.717, 1.165) is 29.8 Å². The molecule has 5 nitrogen and oxygen atoms in total. The highest BCUT2D eigenvalue weighted by atomic mass is 16.1. The smallest absolute Gasteiger partial charge is 0.274 e. The number of nitrogens with one attached hydrogen (secondary N) is 2. The number of para-hydroxylation sites is 1. The average Bonchev–Trinajstić information content (AvgIpc) is 2.56. The molecule has 0 aliphatic carbocycles. The van der Waals surface area contributed by atoms with E-state index in [1.54, 1.807) is 6.07 Å². The van der Waals surface area contributed by atoms with Crippen LogP contribution in [0.25, 0.3) is 0 Å². The third-order valence-electron chi connectivity index (χ3n) is 4.09. The van der Waals surface area contributed by atoms with Gasteiger partial charge >= 0.3 is 0 Å². The molecule has 0 bridgehead atoms. The van der Waals surface area contributed by atoms with Crippen LogP contribution in [0.4, 0.5) is 11.5 Å². The first-order valence-electron chi connectivity index (χ1n) is 8.85. The molecule has 2 aromatic rings. The second kappa shape index (κ2) is 8.60. The van der Waals surface area contributed by atoms with Crippen LogP contribution in [0.15, 0.2) is 30.6 Å². The maximum Gasteiger partial charge on any atom is 0.274 e. The molecule has 1 aromatic carbocycles. The van der Waals surface area contributed by atoms with Crippen LogP contribution in [0.1, 0.15) is 61.6 Å². The molecule has 0 saturated heterocycles. The van der Waals surface area contributed by atoms with Gasteiger partial charge in [0.05, 0.1) is 0 Å². The van der Waals surface area contributed by atoms with Crippen molar-refractivity contribution in [3.63, 3.8) is 0 Å². The topological polar surface area (TPSA) is 66.9 Å². The van der Waals surface area contributed by atoms with Crippen molar-refractivity contribution >= 4 is 17.4 Å². The fourth-order valence-corrected chi connectivity index (χ4v) is 2.59. The van der Waals surface area contributed by atoms with Crippen molar-refractivity contribution in [2.75, 3.05) is 17.2 Å². The van der Waals surface area contributed by atoms with Crippen LogP contribution in [0.3, 0.4) is 0 Å². The van der Waals surface area contributed by atoms with Crippen LogP contribution in [0.2, 0.25) is 0 Å². The highest BCUT2D eigenvalue weighted by Gasteiger charge is 2.14. The van der Waals surface area contributed by atoms with E-state index in [9.17, 15) is 4.79 Å². The first kappa shape index (κ1) is 18.9. The van der Waals surface area contributed by atoms with E-state index < -0.39 is 0 Å². The Balaban J connectivity index is 2.14. The van der Waals surface area contributed by atoms with Crippen molar-refractivity contribution < 1.29 is 4.79 Å². The number of carbonyl (C=O) groups is 1. The molecule has 0 spiro atoms.